The van der Waals surface area contributed by atoms with Crippen molar-refractivity contribution in [1.82, 2.24) is 10.0 Å². The molecular formula is C15H19F3N2O4S. The van der Waals surface area contributed by atoms with Crippen LogP contribution in [0, 0.1) is 5.92 Å². The summed E-state index contributed by atoms with van der Waals surface area (Å²) in [5.74, 6) is -1.30. The van der Waals surface area contributed by atoms with Crippen LogP contribution in [0.1, 0.15) is 25.7 Å². The number of alkyl halides is 3. The van der Waals surface area contributed by atoms with E-state index < -0.39 is 32.9 Å². The molecule has 0 saturated carbocycles. The van der Waals surface area contributed by atoms with Crippen molar-refractivity contribution in [2.24, 2.45) is 5.92 Å². The van der Waals surface area contributed by atoms with Gasteiger partial charge >= 0.3 is 6.36 Å². The molecule has 6 nitrogen and oxygen atoms in total. The van der Waals surface area contributed by atoms with Gasteiger partial charge in [-0.3, -0.25) is 4.79 Å². The highest BCUT2D eigenvalue weighted by atomic mass is 32.2. The molecule has 1 aromatic rings. The molecule has 0 aliphatic carbocycles. The fraction of sp³-hybridized carbons (Fsp3) is 0.533. The van der Waals surface area contributed by atoms with E-state index in [0.29, 0.717) is 12.3 Å². The maximum absolute atomic E-state index is 12.4. The van der Waals surface area contributed by atoms with Gasteiger partial charge in [0.1, 0.15) is 10.6 Å². The van der Waals surface area contributed by atoms with E-state index in [1.54, 1.807) is 0 Å². The van der Waals surface area contributed by atoms with E-state index in [1.807, 2.05) is 4.72 Å². The number of carbonyl (C=O) groups is 1. The maximum Gasteiger partial charge on any atom is 0.573 e. The van der Waals surface area contributed by atoms with Gasteiger partial charge in [-0.05, 0) is 50.4 Å². The number of para-hydroxylation sites is 1. The summed E-state index contributed by atoms with van der Waals surface area (Å²) in [6.07, 6.45) is -2.70. The van der Waals surface area contributed by atoms with Gasteiger partial charge in [-0.25, -0.2) is 13.1 Å². The molecule has 10 heteroatoms. The van der Waals surface area contributed by atoms with Crippen molar-refractivity contribution in [1.29, 1.82) is 0 Å². The number of nitrogens with one attached hydrogen (secondary N) is 2. The summed E-state index contributed by atoms with van der Waals surface area (Å²) in [6.45, 7) is 1.71. The first-order chi connectivity index (χ1) is 11.7. The zero-order valence-corrected chi connectivity index (χ0v) is 14.1. The number of hydrogen-bond acceptors (Lipinski definition) is 5. The zero-order valence-electron chi connectivity index (χ0n) is 13.3. The third kappa shape index (κ3) is 6.20. The van der Waals surface area contributed by atoms with E-state index in [9.17, 15) is 26.4 Å². The van der Waals surface area contributed by atoms with Crippen LogP contribution in [0.3, 0.4) is 0 Å². The summed E-state index contributed by atoms with van der Waals surface area (Å²) in [5.41, 5.74) is 0. The summed E-state index contributed by atoms with van der Waals surface area (Å²) in [6, 6.07) is 4.28. The first kappa shape index (κ1) is 19.5. The van der Waals surface area contributed by atoms with Crippen molar-refractivity contribution in [2.75, 3.05) is 13.1 Å². The number of rotatable bonds is 6. The molecule has 1 aliphatic rings. The second-order valence-electron chi connectivity index (χ2n) is 5.76. The lowest BCUT2D eigenvalue weighted by Crippen LogP contribution is -2.32. The Hall–Kier alpha value is -1.81. The van der Waals surface area contributed by atoms with Crippen molar-refractivity contribution in [3.05, 3.63) is 24.3 Å². The Morgan fingerprint density at radius 3 is 2.52 bits per heavy atom. The Kier molecular flexibility index (Phi) is 6.28. The topological polar surface area (TPSA) is 84.5 Å². The van der Waals surface area contributed by atoms with Gasteiger partial charge in [0.25, 0.3) is 10.0 Å². The standard InChI is InChI=1S/C15H19F3N2O4S/c16-15(17,18)24-12-3-1-2-4-13(12)25(22,23)20-14(21)6-5-11-7-9-19-10-8-11/h1-4,11,19H,5-10H2,(H,20,21). The molecule has 1 heterocycles. The molecule has 0 unspecified atom stereocenters. The van der Waals surface area contributed by atoms with Crippen LogP contribution in [-0.2, 0) is 14.8 Å². The fourth-order valence-corrected chi connectivity index (χ4v) is 3.79. The highest BCUT2D eigenvalue weighted by molar-refractivity contribution is 7.90. The molecule has 0 bridgehead atoms. The van der Waals surface area contributed by atoms with Gasteiger partial charge in [0, 0.05) is 6.42 Å². The molecule has 1 saturated heterocycles. The molecule has 2 rings (SSSR count). The average molecular weight is 380 g/mol. The molecule has 0 radical (unpaired) electrons. The maximum atomic E-state index is 12.4. The monoisotopic (exact) mass is 380 g/mol. The minimum absolute atomic E-state index is 0.00775. The highest BCUT2D eigenvalue weighted by Crippen LogP contribution is 2.29. The van der Waals surface area contributed by atoms with Crippen molar-refractivity contribution in [3.8, 4) is 5.75 Å². The zero-order chi connectivity index (χ0) is 18.5. The number of amides is 1. The Morgan fingerprint density at radius 2 is 1.88 bits per heavy atom. The number of ether oxygens (including phenoxy) is 1. The third-order valence-corrected chi connectivity index (χ3v) is 5.26. The molecule has 140 valence electrons. The van der Waals surface area contributed by atoms with E-state index in [0.717, 1.165) is 38.1 Å². The molecule has 0 aromatic heterocycles. The number of halogens is 3. The van der Waals surface area contributed by atoms with Crippen LogP contribution in [0.2, 0.25) is 0 Å². The van der Waals surface area contributed by atoms with Crippen LogP contribution in [0.5, 0.6) is 5.75 Å². The number of sulfonamides is 1. The van der Waals surface area contributed by atoms with Gasteiger partial charge in [0.05, 0.1) is 0 Å². The van der Waals surface area contributed by atoms with Crippen molar-refractivity contribution in [3.63, 3.8) is 0 Å². The smallest absolute Gasteiger partial charge is 0.404 e. The quantitative estimate of drug-likeness (QED) is 0.790. The molecular weight excluding hydrogens is 361 g/mol. The molecule has 0 atom stereocenters. The molecule has 1 fully saturated rings. The molecule has 0 spiro atoms. The van der Waals surface area contributed by atoms with E-state index in [1.165, 1.54) is 12.1 Å². The van der Waals surface area contributed by atoms with E-state index >= 15 is 0 Å². The van der Waals surface area contributed by atoms with Crippen LogP contribution in [0.4, 0.5) is 13.2 Å². The van der Waals surface area contributed by atoms with Gasteiger partial charge in [-0.2, -0.15) is 0 Å². The van der Waals surface area contributed by atoms with Crippen molar-refractivity contribution >= 4 is 15.9 Å². The van der Waals surface area contributed by atoms with Crippen LogP contribution >= 0.6 is 0 Å². The second-order valence-corrected chi connectivity index (χ2v) is 7.41. The molecule has 25 heavy (non-hydrogen) atoms. The lowest BCUT2D eigenvalue weighted by atomic mass is 9.93. The Morgan fingerprint density at radius 1 is 1.24 bits per heavy atom. The first-order valence-electron chi connectivity index (χ1n) is 7.78. The largest absolute Gasteiger partial charge is 0.573 e. The Bertz CT molecular complexity index is 701. The summed E-state index contributed by atoms with van der Waals surface area (Å²) in [7, 11) is -4.45. The normalized spacial score (nSPS) is 16.4. The Balaban J connectivity index is 2.02. The van der Waals surface area contributed by atoms with Crippen LogP contribution < -0.4 is 14.8 Å². The molecule has 1 aliphatic heterocycles. The lowest BCUT2D eigenvalue weighted by Gasteiger charge is -2.22. The van der Waals surface area contributed by atoms with E-state index in [-0.39, 0.29) is 6.42 Å². The van der Waals surface area contributed by atoms with Gasteiger partial charge in [0.15, 0.2) is 0 Å². The summed E-state index contributed by atoms with van der Waals surface area (Å²) in [4.78, 5) is 11.2. The molecule has 1 aromatic carbocycles. The summed E-state index contributed by atoms with van der Waals surface area (Å²) in [5, 5.41) is 3.18. The number of carbonyl (C=O) groups excluding carboxylic acids is 1. The minimum Gasteiger partial charge on any atom is -0.404 e. The van der Waals surface area contributed by atoms with Crippen LogP contribution in [0.25, 0.3) is 0 Å². The summed E-state index contributed by atoms with van der Waals surface area (Å²) >= 11 is 0. The number of hydrogen-bond donors (Lipinski definition) is 2. The number of benzene rings is 1. The van der Waals surface area contributed by atoms with Crippen molar-refractivity contribution < 1.29 is 31.1 Å². The number of piperidine rings is 1. The second kappa shape index (κ2) is 8.05. The first-order valence-corrected chi connectivity index (χ1v) is 9.27. The van der Waals surface area contributed by atoms with Crippen molar-refractivity contribution in [2.45, 2.75) is 36.9 Å². The summed E-state index contributed by atoms with van der Waals surface area (Å²) < 4.78 is 67.1. The van der Waals surface area contributed by atoms with Gasteiger partial charge in [0.2, 0.25) is 5.91 Å². The Labute approximate surface area is 143 Å². The molecule has 1 amide bonds. The van der Waals surface area contributed by atoms with Crippen LogP contribution in [0.15, 0.2) is 29.2 Å². The van der Waals surface area contributed by atoms with E-state index in [2.05, 4.69) is 10.1 Å². The average Bonchev–Trinajstić information content (AvgIpc) is 2.52. The van der Waals surface area contributed by atoms with Gasteiger partial charge in [-0.1, -0.05) is 12.1 Å². The highest BCUT2D eigenvalue weighted by Gasteiger charge is 2.34. The van der Waals surface area contributed by atoms with E-state index in [4.69, 9.17) is 0 Å². The predicted molar refractivity (Wildman–Crippen MR) is 83.3 cm³/mol. The molecule has 2 N–H and O–H groups in total. The lowest BCUT2D eigenvalue weighted by molar-refractivity contribution is -0.275. The SMILES string of the molecule is O=C(CCC1CCNCC1)NS(=O)(=O)c1ccccc1OC(F)(F)F. The predicted octanol–water partition coefficient (Wildman–Crippen LogP) is 2.17. The van der Waals surface area contributed by atoms with Gasteiger partial charge in [-0.15, -0.1) is 13.2 Å². The third-order valence-electron chi connectivity index (χ3n) is 3.85. The van der Waals surface area contributed by atoms with Gasteiger partial charge < -0.3 is 10.1 Å². The minimum atomic E-state index is -5.04. The van der Waals surface area contributed by atoms with Crippen LogP contribution in [-0.4, -0.2) is 33.8 Å². The fourth-order valence-electron chi connectivity index (χ4n) is 2.64.